The molecule has 0 aliphatic carbocycles. The second kappa shape index (κ2) is 11.0. The normalized spacial score (nSPS) is 13.9. The lowest BCUT2D eigenvalue weighted by molar-refractivity contribution is -0.133. The lowest BCUT2D eigenvalue weighted by atomic mass is 10.2. The number of nitrogens with one attached hydrogen (secondary N) is 1. The molecule has 1 saturated heterocycles. The number of ether oxygens (including phenoxy) is 2. The fourth-order valence-corrected chi connectivity index (χ4v) is 5.07. The van der Waals surface area contributed by atoms with Gasteiger partial charge in [0, 0.05) is 31.9 Å². The van der Waals surface area contributed by atoms with Gasteiger partial charge in [-0.3, -0.25) is 9.52 Å². The second-order valence-electron chi connectivity index (χ2n) is 8.06. The van der Waals surface area contributed by atoms with Crippen molar-refractivity contribution in [3.63, 3.8) is 0 Å². The van der Waals surface area contributed by atoms with Crippen molar-refractivity contribution in [1.82, 2.24) is 4.90 Å². The minimum atomic E-state index is -3.85. The van der Waals surface area contributed by atoms with Gasteiger partial charge in [0.05, 0.1) is 22.7 Å². The molecule has 4 rings (SSSR count). The van der Waals surface area contributed by atoms with Gasteiger partial charge in [-0.05, 0) is 66.7 Å². The van der Waals surface area contributed by atoms with Crippen molar-refractivity contribution in [2.75, 3.05) is 49.5 Å². The third-order valence-corrected chi connectivity index (χ3v) is 7.42. The molecule has 0 unspecified atom stereocenters. The number of rotatable bonds is 8. The summed E-state index contributed by atoms with van der Waals surface area (Å²) in [6.07, 6.45) is 0. The molecule has 190 valence electrons. The molecular weight excluding hydrogens is 509 g/mol. The van der Waals surface area contributed by atoms with Gasteiger partial charge in [0.15, 0.2) is 6.61 Å². The van der Waals surface area contributed by atoms with E-state index in [9.17, 15) is 17.6 Å². The van der Waals surface area contributed by atoms with Gasteiger partial charge in [0.25, 0.3) is 15.9 Å². The van der Waals surface area contributed by atoms with Crippen LogP contribution in [0.5, 0.6) is 11.5 Å². The zero-order valence-corrected chi connectivity index (χ0v) is 21.1. The second-order valence-corrected chi connectivity index (χ2v) is 10.1. The van der Waals surface area contributed by atoms with Crippen LogP contribution in [0.1, 0.15) is 0 Å². The van der Waals surface area contributed by atoms with Crippen LogP contribution in [-0.2, 0) is 14.8 Å². The highest BCUT2D eigenvalue weighted by Crippen LogP contribution is 2.28. The molecular formula is C25H25ClFN3O5S. The lowest BCUT2D eigenvalue weighted by Crippen LogP contribution is -2.50. The Labute approximate surface area is 214 Å². The Kier molecular flexibility index (Phi) is 7.85. The molecule has 1 aliphatic heterocycles. The number of sulfonamides is 1. The Hall–Kier alpha value is -3.50. The van der Waals surface area contributed by atoms with Crippen molar-refractivity contribution in [3.8, 4) is 11.5 Å². The number of nitrogens with zero attached hydrogens (tertiary/aromatic N) is 2. The van der Waals surface area contributed by atoms with Crippen LogP contribution in [0.25, 0.3) is 0 Å². The third kappa shape index (κ3) is 6.19. The van der Waals surface area contributed by atoms with E-state index in [0.717, 1.165) is 5.69 Å². The van der Waals surface area contributed by atoms with Gasteiger partial charge >= 0.3 is 0 Å². The molecule has 36 heavy (non-hydrogen) atoms. The molecule has 0 spiro atoms. The van der Waals surface area contributed by atoms with Crippen LogP contribution < -0.4 is 19.1 Å². The van der Waals surface area contributed by atoms with Gasteiger partial charge in [0.2, 0.25) is 0 Å². The molecule has 1 fully saturated rings. The maximum Gasteiger partial charge on any atom is 0.261 e. The Morgan fingerprint density at radius 2 is 1.67 bits per heavy atom. The van der Waals surface area contributed by atoms with Gasteiger partial charge in [-0.15, -0.1) is 0 Å². The number of benzene rings is 3. The summed E-state index contributed by atoms with van der Waals surface area (Å²) in [7, 11) is -2.38. The largest absolute Gasteiger partial charge is 0.495 e. The summed E-state index contributed by atoms with van der Waals surface area (Å²) in [5, 5.41) is 0.281. The Morgan fingerprint density at radius 1 is 1.00 bits per heavy atom. The van der Waals surface area contributed by atoms with Crippen LogP contribution in [0.3, 0.4) is 0 Å². The number of methoxy groups -OCH3 is 1. The molecule has 0 atom stereocenters. The fourth-order valence-electron chi connectivity index (χ4n) is 3.76. The van der Waals surface area contributed by atoms with E-state index in [1.165, 1.54) is 49.6 Å². The highest BCUT2D eigenvalue weighted by molar-refractivity contribution is 7.92. The van der Waals surface area contributed by atoms with Gasteiger partial charge in [0.1, 0.15) is 17.3 Å². The number of hydrogen-bond acceptors (Lipinski definition) is 6. The molecule has 0 bridgehead atoms. The number of halogens is 2. The first kappa shape index (κ1) is 25.6. The fraction of sp³-hybridized carbons (Fsp3) is 0.240. The zero-order valence-electron chi connectivity index (χ0n) is 19.5. The molecule has 0 radical (unpaired) electrons. The van der Waals surface area contributed by atoms with E-state index in [0.29, 0.717) is 43.4 Å². The molecule has 1 N–H and O–H groups in total. The first-order valence-electron chi connectivity index (χ1n) is 11.1. The van der Waals surface area contributed by atoms with Crippen LogP contribution >= 0.6 is 11.6 Å². The van der Waals surface area contributed by atoms with Crippen LogP contribution in [0.4, 0.5) is 15.8 Å². The van der Waals surface area contributed by atoms with E-state index in [4.69, 9.17) is 21.1 Å². The highest BCUT2D eigenvalue weighted by atomic mass is 35.5. The first-order chi connectivity index (χ1) is 17.2. The standard InChI is InChI=1S/C25H25ClFN3O5S/c1-34-24-11-4-19(16-23(24)26)28-36(32,33)22-9-7-21(8-10-22)35-17-25(31)30-14-12-29(13-15-30)20-5-2-18(27)3-6-20/h2-11,16,28H,12-15,17H2,1H3. The monoisotopic (exact) mass is 533 g/mol. The molecule has 0 aromatic heterocycles. The van der Waals surface area contributed by atoms with Gasteiger partial charge < -0.3 is 19.3 Å². The number of piperazine rings is 1. The average Bonchev–Trinajstić information content (AvgIpc) is 2.88. The quantitative estimate of drug-likeness (QED) is 0.470. The molecule has 11 heteroatoms. The Morgan fingerprint density at radius 3 is 2.28 bits per heavy atom. The number of hydrogen-bond donors (Lipinski definition) is 1. The van der Waals surface area contributed by atoms with E-state index < -0.39 is 10.0 Å². The zero-order chi connectivity index (χ0) is 25.7. The van der Waals surface area contributed by atoms with E-state index in [1.807, 2.05) is 0 Å². The maximum atomic E-state index is 13.1. The summed E-state index contributed by atoms with van der Waals surface area (Å²) >= 11 is 6.06. The summed E-state index contributed by atoms with van der Waals surface area (Å²) in [5.41, 5.74) is 1.21. The predicted octanol–water partition coefficient (Wildman–Crippen LogP) is 4.02. The highest BCUT2D eigenvalue weighted by Gasteiger charge is 2.22. The minimum absolute atomic E-state index is 0.0324. The SMILES string of the molecule is COc1ccc(NS(=O)(=O)c2ccc(OCC(=O)N3CCN(c4ccc(F)cc4)CC3)cc2)cc1Cl. The van der Waals surface area contributed by atoms with Gasteiger partial charge in [-0.25, -0.2) is 12.8 Å². The molecule has 8 nitrogen and oxygen atoms in total. The van der Waals surface area contributed by atoms with Crippen LogP contribution in [0.15, 0.2) is 71.6 Å². The van der Waals surface area contributed by atoms with Crippen LogP contribution in [-0.4, -0.2) is 59.1 Å². The molecule has 0 saturated carbocycles. The average molecular weight is 534 g/mol. The third-order valence-electron chi connectivity index (χ3n) is 5.72. The predicted molar refractivity (Wildman–Crippen MR) is 136 cm³/mol. The summed E-state index contributed by atoms with van der Waals surface area (Å²) in [4.78, 5) is 16.4. The molecule has 3 aromatic rings. The van der Waals surface area contributed by atoms with Crippen molar-refractivity contribution < 1.29 is 27.1 Å². The number of anilines is 2. The Balaban J connectivity index is 1.28. The van der Waals surface area contributed by atoms with E-state index in [-0.39, 0.29) is 28.2 Å². The molecule has 3 aromatic carbocycles. The van der Waals surface area contributed by atoms with Crippen molar-refractivity contribution >= 4 is 38.9 Å². The Bertz CT molecular complexity index is 1310. The minimum Gasteiger partial charge on any atom is -0.495 e. The van der Waals surface area contributed by atoms with Crippen molar-refractivity contribution in [2.24, 2.45) is 0 Å². The number of amides is 1. The van der Waals surface area contributed by atoms with Crippen molar-refractivity contribution in [3.05, 3.63) is 77.6 Å². The number of carbonyl (C=O) groups excluding carboxylic acids is 1. The first-order valence-corrected chi connectivity index (χ1v) is 13.0. The molecule has 1 amide bonds. The lowest BCUT2D eigenvalue weighted by Gasteiger charge is -2.36. The van der Waals surface area contributed by atoms with Gasteiger partial charge in [-0.2, -0.15) is 0 Å². The maximum absolute atomic E-state index is 13.1. The van der Waals surface area contributed by atoms with E-state index >= 15 is 0 Å². The van der Waals surface area contributed by atoms with Crippen LogP contribution in [0, 0.1) is 5.82 Å². The topological polar surface area (TPSA) is 88.2 Å². The van der Waals surface area contributed by atoms with Crippen LogP contribution in [0.2, 0.25) is 5.02 Å². The summed E-state index contributed by atoms with van der Waals surface area (Å²) in [6, 6.07) is 16.6. The number of carbonyl (C=O) groups is 1. The van der Waals surface area contributed by atoms with Crippen molar-refractivity contribution in [2.45, 2.75) is 4.90 Å². The smallest absolute Gasteiger partial charge is 0.261 e. The summed E-state index contributed by atoms with van der Waals surface area (Å²) in [6.45, 7) is 2.16. The molecule has 1 aliphatic rings. The molecule has 1 heterocycles. The van der Waals surface area contributed by atoms with E-state index in [2.05, 4.69) is 9.62 Å². The van der Waals surface area contributed by atoms with E-state index in [1.54, 1.807) is 29.2 Å². The van der Waals surface area contributed by atoms with Crippen molar-refractivity contribution in [1.29, 1.82) is 0 Å². The summed E-state index contributed by atoms with van der Waals surface area (Å²) < 4.78 is 51.6. The van der Waals surface area contributed by atoms with Gasteiger partial charge in [-0.1, -0.05) is 11.6 Å². The summed E-state index contributed by atoms with van der Waals surface area (Å²) in [5.74, 6) is 0.363.